The average molecular weight is 308 g/mol. The van der Waals surface area contributed by atoms with Crippen molar-refractivity contribution in [1.29, 1.82) is 0 Å². The predicted octanol–water partition coefficient (Wildman–Crippen LogP) is 2.48. The topological polar surface area (TPSA) is 101 Å². The highest BCUT2D eigenvalue weighted by Gasteiger charge is 2.23. The molecule has 0 aliphatic rings. The number of carboxylic acid groups (broad SMARTS) is 1. The second-order valence-electron chi connectivity index (χ2n) is 5.50. The second-order valence-corrected chi connectivity index (χ2v) is 5.50. The van der Waals surface area contributed by atoms with Gasteiger partial charge < -0.3 is 10.0 Å². The first kappa shape index (κ1) is 17.6. The van der Waals surface area contributed by atoms with Crippen LogP contribution in [-0.4, -0.2) is 39.9 Å². The van der Waals surface area contributed by atoms with Gasteiger partial charge in [-0.2, -0.15) is 0 Å². The molecule has 0 aromatic heterocycles. The highest BCUT2D eigenvalue weighted by Crippen LogP contribution is 2.22. The molecular formula is C15H20N2O5. The monoisotopic (exact) mass is 308 g/mol. The number of carboxylic acids is 1. The van der Waals surface area contributed by atoms with Crippen LogP contribution in [0.5, 0.6) is 0 Å². The Morgan fingerprint density at radius 3 is 2.50 bits per heavy atom. The summed E-state index contributed by atoms with van der Waals surface area (Å²) in [7, 11) is 0. The minimum atomic E-state index is -0.989. The molecule has 0 aliphatic heterocycles. The Kier molecular flexibility index (Phi) is 6.03. The van der Waals surface area contributed by atoms with Gasteiger partial charge in [0, 0.05) is 30.3 Å². The molecule has 0 unspecified atom stereocenters. The summed E-state index contributed by atoms with van der Waals surface area (Å²) in [5.41, 5.74) is 0.412. The van der Waals surface area contributed by atoms with E-state index in [4.69, 9.17) is 5.11 Å². The summed E-state index contributed by atoms with van der Waals surface area (Å²) in [6, 6.07) is 4.33. The number of amides is 1. The number of carbonyl (C=O) groups excluding carboxylic acids is 1. The molecule has 0 saturated heterocycles. The van der Waals surface area contributed by atoms with Gasteiger partial charge in [0.05, 0.1) is 11.3 Å². The molecule has 7 heteroatoms. The van der Waals surface area contributed by atoms with Crippen molar-refractivity contribution in [2.24, 2.45) is 5.92 Å². The Balaban J connectivity index is 3.10. The van der Waals surface area contributed by atoms with Crippen molar-refractivity contribution in [3.8, 4) is 0 Å². The van der Waals surface area contributed by atoms with E-state index in [0.717, 1.165) is 0 Å². The number of carbonyl (C=O) groups is 2. The fourth-order valence-corrected chi connectivity index (χ4v) is 2.17. The lowest BCUT2D eigenvalue weighted by atomic mass is 10.0. The third kappa shape index (κ3) is 4.54. The van der Waals surface area contributed by atoms with Crippen LogP contribution in [0.4, 0.5) is 5.69 Å². The van der Waals surface area contributed by atoms with Gasteiger partial charge in [-0.15, -0.1) is 0 Å². The molecular weight excluding hydrogens is 288 g/mol. The lowest BCUT2D eigenvalue weighted by Gasteiger charge is -2.24. The van der Waals surface area contributed by atoms with E-state index in [9.17, 15) is 19.7 Å². The van der Waals surface area contributed by atoms with Crippen molar-refractivity contribution in [2.45, 2.75) is 27.2 Å². The first-order chi connectivity index (χ1) is 10.2. The minimum absolute atomic E-state index is 0.0779. The zero-order valence-corrected chi connectivity index (χ0v) is 12.9. The third-order valence-corrected chi connectivity index (χ3v) is 3.20. The number of rotatable bonds is 7. The van der Waals surface area contributed by atoms with Crippen LogP contribution in [0.3, 0.4) is 0 Å². The van der Waals surface area contributed by atoms with E-state index in [-0.39, 0.29) is 36.0 Å². The first-order valence-corrected chi connectivity index (χ1v) is 6.99. The number of benzene rings is 1. The Morgan fingerprint density at radius 2 is 2.00 bits per heavy atom. The number of hydrogen-bond acceptors (Lipinski definition) is 4. The molecule has 120 valence electrons. The van der Waals surface area contributed by atoms with Crippen molar-refractivity contribution in [2.75, 3.05) is 13.1 Å². The Labute approximate surface area is 128 Å². The first-order valence-electron chi connectivity index (χ1n) is 6.99. The molecule has 1 N–H and O–H groups in total. The fourth-order valence-electron chi connectivity index (χ4n) is 2.17. The van der Waals surface area contributed by atoms with Crippen LogP contribution in [0.2, 0.25) is 0 Å². The van der Waals surface area contributed by atoms with E-state index < -0.39 is 10.9 Å². The van der Waals surface area contributed by atoms with Gasteiger partial charge in [-0.05, 0) is 18.9 Å². The molecule has 0 radical (unpaired) electrons. The lowest BCUT2D eigenvalue weighted by Crippen LogP contribution is -2.36. The van der Waals surface area contributed by atoms with Gasteiger partial charge in [-0.25, -0.2) is 0 Å². The molecule has 1 aromatic rings. The molecule has 0 atom stereocenters. The van der Waals surface area contributed by atoms with Crippen molar-refractivity contribution in [1.82, 2.24) is 4.90 Å². The van der Waals surface area contributed by atoms with E-state index in [1.807, 2.05) is 13.8 Å². The summed E-state index contributed by atoms with van der Waals surface area (Å²) in [6.07, 6.45) is -0.160. The summed E-state index contributed by atoms with van der Waals surface area (Å²) in [5, 5.41) is 19.8. The maximum atomic E-state index is 12.6. The van der Waals surface area contributed by atoms with E-state index in [0.29, 0.717) is 12.1 Å². The molecule has 0 fully saturated rings. The highest BCUT2D eigenvalue weighted by molar-refractivity contribution is 5.96. The Hall–Kier alpha value is -2.44. The number of nitrogens with zero attached hydrogens (tertiary/aromatic N) is 2. The summed E-state index contributed by atoms with van der Waals surface area (Å²) in [5.74, 6) is -1.20. The second kappa shape index (κ2) is 7.53. The molecule has 0 saturated carbocycles. The van der Waals surface area contributed by atoms with Gasteiger partial charge in [-0.3, -0.25) is 19.7 Å². The smallest absolute Gasteiger partial charge is 0.305 e. The van der Waals surface area contributed by atoms with E-state index in [1.165, 1.54) is 30.0 Å². The Morgan fingerprint density at radius 1 is 1.36 bits per heavy atom. The lowest BCUT2D eigenvalue weighted by molar-refractivity contribution is -0.385. The molecule has 7 nitrogen and oxygen atoms in total. The molecule has 1 aromatic carbocycles. The van der Waals surface area contributed by atoms with Crippen molar-refractivity contribution in [3.63, 3.8) is 0 Å². The summed E-state index contributed by atoms with van der Waals surface area (Å²) >= 11 is 0. The van der Waals surface area contributed by atoms with Gasteiger partial charge >= 0.3 is 5.97 Å². The molecule has 0 heterocycles. The normalized spacial score (nSPS) is 10.5. The largest absolute Gasteiger partial charge is 0.481 e. The number of hydrogen-bond donors (Lipinski definition) is 1. The predicted molar refractivity (Wildman–Crippen MR) is 80.8 cm³/mol. The number of aliphatic carboxylic acids is 1. The summed E-state index contributed by atoms with van der Waals surface area (Å²) in [6.45, 7) is 5.83. The van der Waals surface area contributed by atoms with Crippen LogP contribution in [-0.2, 0) is 4.79 Å². The van der Waals surface area contributed by atoms with Gasteiger partial charge in [0.2, 0.25) is 0 Å². The van der Waals surface area contributed by atoms with Crippen LogP contribution in [0.15, 0.2) is 18.2 Å². The highest BCUT2D eigenvalue weighted by atomic mass is 16.6. The van der Waals surface area contributed by atoms with Gasteiger partial charge in [0.15, 0.2) is 0 Å². The van der Waals surface area contributed by atoms with E-state index in [2.05, 4.69) is 0 Å². The van der Waals surface area contributed by atoms with Gasteiger partial charge in [0.1, 0.15) is 0 Å². The van der Waals surface area contributed by atoms with Crippen LogP contribution in [0, 0.1) is 23.0 Å². The van der Waals surface area contributed by atoms with Crippen LogP contribution < -0.4 is 0 Å². The summed E-state index contributed by atoms with van der Waals surface area (Å²) in [4.78, 5) is 35.2. The maximum absolute atomic E-state index is 12.6. The van der Waals surface area contributed by atoms with Crippen LogP contribution in [0.25, 0.3) is 0 Å². The zero-order chi connectivity index (χ0) is 16.9. The Bertz CT molecular complexity index is 583. The van der Waals surface area contributed by atoms with Crippen LogP contribution >= 0.6 is 0 Å². The minimum Gasteiger partial charge on any atom is -0.481 e. The van der Waals surface area contributed by atoms with Crippen molar-refractivity contribution < 1.29 is 19.6 Å². The van der Waals surface area contributed by atoms with Crippen molar-refractivity contribution >= 4 is 17.6 Å². The van der Waals surface area contributed by atoms with Gasteiger partial charge in [0.25, 0.3) is 11.6 Å². The quantitative estimate of drug-likeness (QED) is 0.616. The molecule has 1 rings (SSSR count). The third-order valence-electron chi connectivity index (χ3n) is 3.20. The zero-order valence-electron chi connectivity index (χ0n) is 12.9. The molecule has 0 bridgehead atoms. The molecule has 22 heavy (non-hydrogen) atoms. The SMILES string of the molecule is Cc1c(C(=O)N(CCC(=O)O)CC(C)C)cccc1[N+](=O)[O-]. The summed E-state index contributed by atoms with van der Waals surface area (Å²) < 4.78 is 0. The standard InChI is InChI=1S/C15H20N2O5/c1-10(2)9-16(8-7-14(18)19)15(20)12-5-4-6-13(11(12)3)17(21)22/h4-6,10H,7-9H2,1-3H3,(H,18,19). The number of nitro benzene ring substituents is 1. The van der Waals surface area contributed by atoms with Crippen LogP contribution in [0.1, 0.15) is 36.2 Å². The average Bonchev–Trinajstić information content (AvgIpc) is 2.42. The fraction of sp³-hybridized carbons (Fsp3) is 0.467. The van der Waals surface area contributed by atoms with E-state index in [1.54, 1.807) is 0 Å². The maximum Gasteiger partial charge on any atom is 0.305 e. The van der Waals surface area contributed by atoms with Crippen molar-refractivity contribution in [3.05, 3.63) is 39.4 Å². The molecule has 0 spiro atoms. The molecule has 1 amide bonds. The van der Waals surface area contributed by atoms with E-state index >= 15 is 0 Å². The molecule has 0 aliphatic carbocycles. The number of nitro groups is 1. The van der Waals surface area contributed by atoms with Gasteiger partial charge in [-0.1, -0.05) is 19.9 Å².